The first-order chi connectivity index (χ1) is 39.7. The van der Waals surface area contributed by atoms with E-state index in [4.69, 9.17) is 60.8 Å². The highest BCUT2D eigenvalue weighted by atomic mass is 16.7. The van der Waals surface area contributed by atoms with Crippen molar-refractivity contribution in [3.63, 3.8) is 0 Å². The smallest absolute Gasteiger partial charge is 0.320 e. The van der Waals surface area contributed by atoms with Gasteiger partial charge in [0.15, 0.2) is 24.4 Å². The van der Waals surface area contributed by atoms with Gasteiger partial charge in [-0.25, -0.2) is 0 Å². The third-order valence-corrected chi connectivity index (χ3v) is 13.9. The van der Waals surface area contributed by atoms with Gasteiger partial charge in [0.1, 0.15) is 24.4 Å². The molecule has 0 radical (unpaired) electrons. The Morgan fingerprint density at radius 2 is 0.524 bits per heavy atom. The predicted molar refractivity (Wildman–Crippen MR) is 293 cm³/mol. The number of ether oxygens (including phenoxy) is 8. The van der Waals surface area contributed by atoms with E-state index in [-0.39, 0.29) is 38.5 Å². The van der Waals surface area contributed by atoms with Crippen LogP contribution in [-0.2, 0) is 102 Å². The van der Waals surface area contributed by atoms with Gasteiger partial charge in [-0.05, 0) is 46.5 Å². The number of aromatic nitrogens is 4. The fraction of sp³-hybridized carbons (Fsp3) is 0.310. The van der Waals surface area contributed by atoms with E-state index in [9.17, 15) is 38.4 Å². The van der Waals surface area contributed by atoms with Gasteiger partial charge in [-0.1, -0.05) is 72.8 Å². The number of carbonyl (C=O) groups excluding carboxylic acids is 8. The molecule has 4 aromatic heterocycles. The molecular formula is C58H60N8O16. The van der Waals surface area contributed by atoms with E-state index in [1.165, 1.54) is 0 Å². The average molecular weight is 1130 g/mol. The molecule has 0 aliphatic heterocycles. The average Bonchev–Trinajstić information content (AvgIpc) is 4.49. The summed E-state index contributed by atoms with van der Waals surface area (Å²) in [7, 11) is 0. The maximum atomic E-state index is 13.2. The largest absolute Gasteiger partial charge is 0.458 e. The summed E-state index contributed by atoms with van der Waals surface area (Å²) in [5, 5.41) is 3.42. The normalized spacial score (nSPS) is 20.1. The molecule has 8 aromatic rings. The first-order valence-electron chi connectivity index (χ1n) is 26.3. The zero-order valence-electron chi connectivity index (χ0n) is 44.1. The number of aromatic amines is 4. The van der Waals surface area contributed by atoms with Crippen LogP contribution in [0, 0.1) is 0 Å². The molecule has 0 spiro atoms. The second kappa shape index (κ2) is 26.3. The molecule has 4 aromatic carbocycles. The van der Waals surface area contributed by atoms with Gasteiger partial charge in [-0.2, -0.15) is 0 Å². The molecule has 24 heteroatoms. The predicted octanol–water partition coefficient (Wildman–Crippen LogP) is 2.81. The van der Waals surface area contributed by atoms with E-state index < -0.39 is 123 Å². The molecule has 0 bridgehead atoms. The maximum Gasteiger partial charge on any atom is 0.320 e. The minimum Gasteiger partial charge on any atom is -0.458 e. The van der Waals surface area contributed by atoms with Crippen molar-refractivity contribution in [3.8, 4) is 0 Å². The van der Waals surface area contributed by atoms with Gasteiger partial charge in [-0.3, -0.25) is 38.4 Å². The lowest BCUT2D eigenvalue weighted by molar-refractivity contribution is -0.182. The molecular weight excluding hydrogens is 1060 g/mol. The molecule has 2 aliphatic rings. The number of benzene rings is 4. The Labute approximate surface area is 466 Å². The number of hydrogen-bond acceptors (Lipinski definition) is 20. The number of hydrogen-bond donors (Lipinski definition) is 8. The quantitative estimate of drug-likeness (QED) is 0.0402. The van der Waals surface area contributed by atoms with Gasteiger partial charge in [0.25, 0.3) is 0 Å². The molecule has 24 nitrogen and oxygen atoms in total. The summed E-state index contributed by atoms with van der Waals surface area (Å²) < 4.78 is 44.8. The number of H-pyrrole nitrogens is 4. The van der Waals surface area contributed by atoms with Crippen LogP contribution >= 0.6 is 0 Å². The molecule has 0 amide bonds. The molecule has 2 saturated carbocycles. The van der Waals surface area contributed by atoms with Gasteiger partial charge < -0.3 is 80.8 Å². The summed E-state index contributed by atoms with van der Waals surface area (Å²) >= 11 is 0. The summed E-state index contributed by atoms with van der Waals surface area (Å²) in [4.78, 5) is 113. The van der Waals surface area contributed by atoms with Gasteiger partial charge in [-0.15, -0.1) is 0 Å². The van der Waals surface area contributed by atoms with Crippen molar-refractivity contribution in [2.24, 2.45) is 22.9 Å². The highest BCUT2D eigenvalue weighted by molar-refractivity contribution is 5.90. The first kappa shape index (κ1) is 57.3. The van der Waals surface area contributed by atoms with Gasteiger partial charge in [0.05, 0.1) is 51.9 Å². The number of esters is 8. The van der Waals surface area contributed by atoms with Crippen LogP contribution in [0.5, 0.6) is 0 Å². The molecule has 8 atom stereocenters. The molecule has 0 saturated heterocycles. The Balaban J connectivity index is 0.000000198. The highest BCUT2D eigenvalue weighted by Crippen LogP contribution is 2.35. The van der Waals surface area contributed by atoms with Crippen molar-refractivity contribution < 1.29 is 76.3 Å². The Bertz CT molecular complexity index is 3390. The Morgan fingerprint density at radius 3 is 0.780 bits per heavy atom. The molecule has 4 heterocycles. The summed E-state index contributed by atoms with van der Waals surface area (Å²) in [6.07, 6.45) is -3.06. The standard InChI is InChI=1S/2C29H30N4O8/c30-12-26(36)38-22-11-23(39-27(37)13-31)29(41-25(35)10-17-15-33-21-8-4-2-6-19(17)21)28(22)40-24(34)9-16-14-32-20-7-3-1-5-18(16)20;30-12-26(36)40-28-22(38-24(34)9-16-14-32-20-7-3-1-5-18(16)20)11-23(29(28)41-27(37)13-31)39-25(35)10-17-15-33-21-8-4-2-6-19(17)21/h2*1-8,14-15,22-23,28-29,32-33H,9-13,30-31H2/t2*22-,23+,28+,29-. The minimum atomic E-state index is -1.26. The fourth-order valence-electron chi connectivity index (χ4n) is 10.2. The van der Waals surface area contributed by atoms with Crippen molar-refractivity contribution >= 4 is 91.4 Å². The number of nitrogens with one attached hydrogen (secondary N) is 4. The van der Waals surface area contributed by atoms with Crippen LogP contribution in [0.25, 0.3) is 43.6 Å². The van der Waals surface area contributed by atoms with Gasteiger partial charge in [0, 0.05) is 81.2 Å². The number of rotatable bonds is 20. The molecule has 2 aliphatic carbocycles. The monoisotopic (exact) mass is 1120 g/mol. The van der Waals surface area contributed by atoms with Crippen LogP contribution in [0.4, 0.5) is 0 Å². The number of nitrogens with two attached hydrogens (primary N) is 4. The van der Waals surface area contributed by atoms with Crippen LogP contribution < -0.4 is 22.9 Å². The van der Waals surface area contributed by atoms with E-state index in [1.54, 1.807) is 24.8 Å². The van der Waals surface area contributed by atoms with Crippen molar-refractivity contribution in [3.05, 3.63) is 144 Å². The second-order valence-corrected chi connectivity index (χ2v) is 19.4. The minimum absolute atomic E-state index is 0.0731. The summed E-state index contributed by atoms with van der Waals surface area (Å²) in [5.74, 6) is -5.68. The molecule has 82 heavy (non-hydrogen) atoms. The van der Waals surface area contributed by atoms with Crippen molar-refractivity contribution in [1.82, 2.24) is 19.9 Å². The second-order valence-electron chi connectivity index (χ2n) is 19.4. The van der Waals surface area contributed by atoms with Crippen molar-refractivity contribution in [1.29, 1.82) is 0 Å². The molecule has 2 fully saturated rings. The van der Waals surface area contributed by atoms with Crippen LogP contribution in [0.1, 0.15) is 35.1 Å². The Hall–Kier alpha value is -9.36. The van der Waals surface area contributed by atoms with Crippen molar-refractivity contribution in [2.75, 3.05) is 26.2 Å². The van der Waals surface area contributed by atoms with Crippen LogP contribution in [0.2, 0.25) is 0 Å². The molecule has 12 N–H and O–H groups in total. The van der Waals surface area contributed by atoms with Crippen LogP contribution in [0.3, 0.4) is 0 Å². The first-order valence-corrected chi connectivity index (χ1v) is 26.3. The number of para-hydroxylation sites is 4. The van der Waals surface area contributed by atoms with Crippen LogP contribution in [0.15, 0.2) is 122 Å². The highest BCUT2D eigenvalue weighted by Gasteiger charge is 2.54. The zero-order valence-corrected chi connectivity index (χ0v) is 44.1. The Kier molecular flexibility index (Phi) is 18.4. The SMILES string of the molecule is NCC(=O)O[C@@H]1[C@H](OC(=O)CN)[C@@H](OC(=O)Cc2c[nH]c3ccccc23)C[C@H]1OC(=O)Cc1c[nH]c2ccccc12.NCC(=O)O[C@H]1C[C@@H](OC(=O)CN)[C@H](OC(=O)Cc2c[nH]c3ccccc23)[C@@H]1OC(=O)Cc1c[nH]c2ccccc12. The topological polar surface area (TPSA) is 378 Å². The number of fused-ring (bicyclic) bond motifs is 4. The van der Waals surface area contributed by atoms with E-state index >= 15 is 0 Å². The summed E-state index contributed by atoms with van der Waals surface area (Å²) in [5.41, 5.74) is 28.0. The zero-order chi connectivity index (χ0) is 57.9. The third kappa shape index (κ3) is 13.6. The van der Waals surface area contributed by atoms with E-state index in [0.717, 1.165) is 43.6 Å². The third-order valence-electron chi connectivity index (χ3n) is 13.9. The number of carbonyl (C=O) groups is 8. The molecule has 428 valence electrons. The lowest BCUT2D eigenvalue weighted by atomic mass is 10.1. The van der Waals surface area contributed by atoms with E-state index in [1.807, 2.05) is 97.1 Å². The van der Waals surface area contributed by atoms with Crippen molar-refractivity contribution in [2.45, 2.75) is 87.4 Å². The van der Waals surface area contributed by atoms with E-state index in [2.05, 4.69) is 19.9 Å². The maximum absolute atomic E-state index is 13.2. The van der Waals surface area contributed by atoms with Gasteiger partial charge >= 0.3 is 47.8 Å². The molecule has 0 unspecified atom stereocenters. The van der Waals surface area contributed by atoms with E-state index in [0.29, 0.717) is 22.3 Å². The molecule has 10 rings (SSSR count). The summed E-state index contributed by atoms with van der Waals surface area (Å²) in [6.45, 7) is -1.78. The lowest BCUT2D eigenvalue weighted by Crippen LogP contribution is -2.44. The van der Waals surface area contributed by atoms with Crippen LogP contribution in [-0.4, -0.2) is 143 Å². The van der Waals surface area contributed by atoms with Gasteiger partial charge in [0.2, 0.25) is 0 Å². The summed E-state index contributed by atoms with van der Waals surface area (Å²) in [6, 6.07) is 29.9. The lowest BCUT2D eigenvalue weighted by Gasteiger charge is -2.26. The fourth-order valence-corrected chi connectivity index (χ4v) is 10.2. The Morgan fingerprint density at radius 1 is 0.317 bits per heavy atom.